The van der Waals surface area contributed by atoms with E-state index in [0.717, 1.165) is 34.5 Å². The summed E-state index contributed by atoms with van der Waals surface area (Å²) in [4.78, 5) is 9.22. The van der Waals surface area contributed by atoms with Crippen LogP contribution in [0.5, 0.6) is 0 Å². The minimum atomic E-state index is -3.23. The van der Waals surface area contributed by atoms with Gasteiger partial charge < -0.3 is 0 Å². The third-order valence-electron chi connectivity index (χ3n) is 3.93. The van der Waals surface area contributed by atoms with E-state index in [4.69, 9.17) is 11.6 Å². The number of benzene rings is 1. The Hall–Kier alpha value is -2.24. The zero-order valence-corrected chi connectivity index (χ0v) is 15.5. The second-order valence-corrected chi connectivity index (χ2v) is 8.15. The molecule has 0 N–H and O–H groups in total. The van der Waals surface area contributed by atoms with Crippen molar-refractivity contribution in [2.24, 2.45) is 0 Å². The number of hydrogen-bond acceptors (Lipinski definition) is 4. The first kappa shape index (κ1) is 17.6. The Labute approximate surface area is 152 Å². The van der Waals surface area contributed by atoms with Gasteiger partial charge in [0, 0.05) is 35.5 Å². The Balaban J connectivity index is 2.18. The largest absolute Gasteiger partial charge is 0.261 e. The van der Waals surface area contributed by atoms with Gasteiger partial charge in [0.25, 0.3) is 0 Å². The SMILES string of the molecule is CCc1ncccc1-c1ncc(Cl)cc1-c1ccc(S(C)(=O)=O)cc1. The first-order chi connectivity index (χ1) is 11.9. The van der Waals surface area contributed by atoms with Crippen molar-refractivity contribution in [2.45, 2.75) is 18.2 Å². The fourth-order valence-corrected chi connectivity index (χ4v) is 3.48. The molecule has 25 heavy (non-hydrogen) atoms. The monoisotopic (exact) mass is 372 g/mol. The van der Waals surface area contributed by atoms with E-state index in [1.165, 1.54) is 6.26 Å². The molecule has 1 aromatic carbocycles. The summed E-state index contributed by atoms with van der Waals surface area (Å²) in [6.07, 6.45) is 5.35. The first-order valence-electron chi connectivity index (χ1n) is 7.80. The van der Waals surface area contributed by atoms with Crippen LogP contribution in [0, 0.1) is 0 Å². The van der Waals surface area contributed by atoms with Crippen LogP contribution >= 0.6 is 11.6 Å². The van der Waals surface area contributed by atoms with E-state index >= 15 is 0 Å². The molecule has 3 rings (SSSR count). The molecule has 0 fully saturated rings. The smallest absolute Gasteiger partial charge is 0.175 e. The van der Waals surface area contributed by atoms with Gasteiger partial charge in [-0.1, -0.05) is 30.7 Å². The number of aromatic nitrogens is 2. The van der Waals surface area contributed by atoms with Crippen molar-refractivity contribution in [1.29, 1.82) is 0 Å². The Morgan fingerprint density at radius 1 is 1.04 bits per heavy atom. The van der Waals surface area contributed by atoms with E-state index in [9.17, 15) is 8.42 Å². The molecule has 0 radical (unpaired) electrons. The van der Waals surface area contributed by atoms with Crippen molar-refractivity contribution in [2.75, 3.05) is 6.26 Å². The quantitative estimate of drug-likeness (QED) is 0.679. The molecule has 128 valence electrons. The van der Waals surface area contributed by atoms with Crippen LogP contribution in [0.15, 0.2) is 59.8 Å². The Morgan fingerprint density at radius 3 is 2.40 bits per heavy atom. The number of aryl methyl sites for hydroxylation is 1. The topological polar surface area (TPSA) is 59.9 Å². The van der Waals surface area contributed by atoms with Crippen LogP contribution in [0.25, 0.3) is 22.4 Å². The van der Waals surface area contributed by atoms with Crippen molar-refractivity contribution in [3.05, 3.63) is 65.6 Å². The molecule has 0 spiro atoms. The normalized spacial score (nSPS) is 11.5. The summed E-state index contributed by atoms with van der Waals surface area (Å²) in [7, 11) is -3.23. The Kier molecular flexibility index (Phi) is 4.88. The number of halogens is 1. The van der Waals surface area contributed by atoms with Gasteiger partial charge in [0.05, 0.1) is 15.6 Å². The van der Waals surface area contributed by atoms with E-state index in [1.54, 1.807) is 36.7 Å². The molecule has 0 atom stereocenters. The van der Waals surface area contributed by atoms with Gasteiger partial charge in [-0.15, -0.1) is 0 Å². The van der Waals surface area contributed by atoms with Crippen LogP contribution in [0.4, 0.5) is 0 Å². The summed E-state index contributed by atoms with van der Waals surface area (Å²) in [6.45, 7) is 2.04. The van der Waals surface area contributed by atoms with Gasteiger partial charge in [-0.05, 0) is 42.3 Å². The summed E-state index contributed by atoms with van der Waals surface area (Å²) in [6, 6.07) is 12.4. The van der Waals surface area contributed by atoms with Crippen molar-refractivity contribution < 1.29 is 8.42 Å². The van der Waals surface area contributed by atoms with Crippen LogP contribution in [-0.2, 0) is 16.3 Å². The predicted molar refractivity (Wildman–Crippen MR) is 100 cm³/mol. The van der Waals surface area contributed by atoms with E-state index in [2.05, 4.69) is 9.97 Å². The molecular formula is C19H17ClN2O2S. The van der Waals surface area contributed by atoms with Gasteiger partial charge in [0.2, 0.25) is 0 Å². The standard InChI is InChI=1S/C19H17ClN2O2S/c1-3-18-16(5-4-10-21-18)19-17(11-14(20)12-22-19)13-6-8-15(9-7-13)25(2,23)24/h4-12H,3H2,1-2H3. The van der Waals surface area contributed by atoms with Crippen LogP contribution in [0.2, 0.25) is 5.02 Å². The van der Waals surface area contributed by atoms with Gasteiger partial charge >= 0.3 is 0 Å². The highest BCUT2D eigenvalue weighted by Gasteiger charge is 2.14. The maximum atomic E-state index is 11.7. The maximum Gasteiger partial charge on any atom is 0.175 e. The zero-order chi connectivity index (χ0) is 18.0. The molecule has 0 saturated carbocycles. The molecule has 2 aromatic heterocycles. The minimum Gasteiger partial charge on any atom is -0.261 e. The van der Waals surface area contributed by atoms with Gasteiger partial charge in [0.15, 0.2) is 9.84 Å². The molecule has 0 unspecified atom stereocenters. The van der Waals surface area contributed by atoms with Crippen LogP contribution in [0.3, 0.4) is 0 Å². The third-order valence-corrected chi connectivity index (χ3v) is 5.26. The van der Waals surface area contributed by atoms with Crippen LogP contribution < -0.4 is 0 Å². The van der Waals surface area contributed by atoms with Crippen LogP contribution in [0.1, 0.15) is 12.6 Å². The molecular weight excluding hydrogens is 356 g/mol. The molecule has 0 aliphatic carbocycles. The average molecular weight is 373 g/mol. The summed E-state index contributed by atoms with van der Waals surface area (Å²) in [5, 5.41) is 0.521. The van der Waals surface area contributed by atoms with E-state index in [-0.39, 0.29) is 4.90 Å². The highest BCUT2D eigenvalue weighted by atomic mass is 35.5. The molecule has 2 heterocycles. The molecule has 0 aliphatic heterocycles. The highest BCUT2D eigenvalue weighted by Crippen LogP contribution is 2.34. The molecule has 0 bridgehead atoms. The Morgan fingerprint density at radius 2 is 1.76 bits per heavy atom. The van der Waals surface area contributed by atoms with Crippen LogP contribution in [-0.4, -0.2) is 24.6 Å². The number of rotatable bonds is 4. The number of hydrogen-bond donors (Lipinski definition) is 0. The van der Waals surface area contributed by atoms with Crippen molar-refractivity contribution in [3.63, 3.8) is 0 Å². The van der Waals surface area contributed by atoms with E-state index < -0.39 is 9.84 Å². The Bertz CT molecular complexity index is 1020. The fourth-order valence-electron chi connectivity index (χ4n) is 2.69. The van der Waals surface area contributed by atoms with Gasteiger partial charge in [-0.25, -0.2) is 8.42 Å². The lowest BCUT2D eigenvalue weighted by Gasteiger charge is -2.12. The van der Waals surface area contributed by atoms with Crippen molar-refractivity contribution in [3.8, 4) is 22.4 Å². The molecule has 0 aliphatic rings. The lowest BCUT2D eigenvalue weighted by Crippen LogP contribution is -1.98. The van der Waals surface area contributed by atoms with Crippen molar-refractivity contribution >= 4 is 21.4 Å². The van der Waals surface area contributed by atoms with E-state index in [1.807, 2.05) is 25.1 Å². The fraction of sp³-hybridized carbons (Fsp3) is 0.158. The van der Waals surface area contributed by atoms with Gasteiger partial charge in [-0.3, -0.25) is 9.97 Å². The predicted octanol–water partition coefficient (Wildman–Crippen LogP) is 4.43. The molecule has 0 amide bonds. The minimum absolute atomic E-state index is 0.281. The third kappa shape index (κ3) is 3.72. The van der Waals surface area contributed by atoms with Gasteiger partial charge in [-0.2, -0.15) is 0 Å². The van der Waals surface area contributed by atoms with Gasteiger partial charge in [0.1, 0.15) is 0 Å². The zero-order valence-electron chi connectivity index (χ0n) is 13.9. The molecule has 6 heteroatoms. The van der Waals surface area contributed by atoms with E-state index in [0.29, 0.717) is 5.02 Å². The summed E-state index contributed by atoms with van der Waals surface area (Å²) >= 11 is 6.16. The lowest BCUT2D eigenvalue weighted by atomic mass is 9.98. The maximum absolute atomic E-state index is 11.7. The number of sulfone groups is 1. The summed E-state index contributed by atoms with van der Waals surface area (Å²) in [5.74, 6) is 0. The first-order valence-corrected chi connectivity index (χ1v) is 10.1. The molecule has 3 aromatic rings. The lowest BCUT2D eigenvalue weighted by molar-refractivity contribution is 0.602. The number of pyridine rings is 2. The average Bonchev–Trinajstić information content (AvgIpc) is 2.61. The van der Waals surface area contributed by atoms with Crippen molar-refractivity contribution in [1.82, 2.24) is 9.97 Å². The highest BCUT2D eigenvalue weighted by molar-refractivity contribution is 7.90. The second kappa shape index (κ2) is 6.94. The number of nitrogens with zero attached hydrogens (tertiary/aromatic N) is 2. The second-order valence-electron chi connectivity index (χ2n) is 5.70. The molecule has 0 saturated heterocycles. The summed E-state index contributed by atoms with van der Waals surface area (Å²) < 4.78 is 23.3. The molecule has 4 nitrogen and oxygen atoms in total. The summed E-state index contributed by atoms with van der Waals surface area (Å²) in [5.41, 5.74) is 4.37.